The fourth-order valence-corrected chi connectivity index (χ4v) is 1.69. The average Bonchev–Trinajstić information content (AvgIpc) is 2.31. The lowest BCUT2D eigenvalue weighted by molar-refractivity contribution is 0.0950. The number of thioether (sulfide) groups is 2. The fraction of sp³-hybridized carbons (Fsp3) is 0.250. The zero-order valence-corrected chi connectivity index (χ0v) is 9.93. The summed E-state index contributed by atoms with van der Waals surface area (Å²) in [6, 6.07) is 0. The number of aromatic nitrogens is 2. The standard InChI is InChI=1S/C8H10N4OS2/c1-14-8(15-2)12-11-7(13)6-5-9-3-4-10-6/h3-5H,1-2H3,(H,11,13). The molecule has 15 heavy (non-hydrogen) atoms. The summed E-state index contributed by atoms with van der Waals surface area (Å²) < 4.78 is 0.784. The lowest BCUT2D eigenvalue weighted by atomic mass is 10.4. The molecule has 0 aliphatic rings. The second-order valence-electron chi connectivity index (χ2n) is 2.32. The van der Waals surface area contributed by atoms with Crippen molar-refractivity contribution in [1.29, 1.82) is 0 Å². The van der Waals surface area contributed by atoms with Gasteiger partial charge in [-0.3, -0.25) is 9.78 Å². The predicted molar refractivity (Wildman–Crippen MR) is 64.0 cm³/mol. The number of amides is 1. The third-order valence-corrected chi connectivity index (χ3v) is 3.27. The number of hydrogen-bond donors (Lipinski definition) is 1. The van der Waals surface area contributed by atoms with E-state index in [4.69, 9.17) is 0 Å². The molecule has 0 bridgehead atoms. The van der Waals surface area contributed by atoms with Crippen LogP contribution in [-0.2, 0) is 0 Å². The highest BCUT2D eigenvalue weighted by atomic mass is 32.2. The van der Waals surface area contributed by atoms with Crippen molar-refractivity contribution in [2.75, 3.05) is 12.5 Å². The first kappa shape index (κ1) is 12.0. The first-order valence-corrected chi connectivity index (χ1v) is 6.45. The van der Waals surface area contributed by atoms with E-state index in [0.717, 1.165) is 4.38 Å². The molecular weight excluding hydrogens is 232 g/mol. The average molecular weight is 242 g/mol. The van der Waals surface area contributed by atoms with E-state index in [1.165, 1.54) is 42.1 Å². The van der Waals surface area contributed by atoms with Crippen LogP contribution in [0.5, 0.6) is 0 Å². The van der Waals surface area contributed by atoms with Crippen molar-refractivity contribution in [3.8, 4) is 0 Å². The Balaban J connectivity index is 2.61. The fourth-order valence-electron chi connectivity index (χ4n) is 0.745. The first-order chi connectivity index (χ1) is 7.27. The third kappa shape index (κ3) is 3.88. The SMILES string of the molecule is CSC(=NNC(=O)c1cnccn1)SC. The number of carbonyl (C=O) groups is 1. The topological polar surface area (TPSA) is 67.2 Å². The largest absolute Gasteiger partial charge is 0.291 e. The monoisotopic (exact) mass is 242 g/mol. The highest BCUT2D eigenvalue weighted by Gasteiger charge is 2.05. The van der Waals surface area contributed by atoms with E-state index in [1.54, 1.807) is 0 Å². The molecule has 0 aliphatic carbocycles. The highest BCUT2D eigenvalue weighted by Crippen LogP contribution is 2.09. The summed E-state index contributed by atoms with van der Waals surface area (Å²) in [5.41, 5.74) is 2.66. The zero-order valence-electron chi connectivity index (χ0n) is 8.30. The summed E-state index contributed by atoms with van der Waals surface area (Å²) in [5.74, 6) is -0.358. The Labute approximate surface area is 96.2 Å². The molecule has 1 heterocycles. The Kier molecular flexibility index (Phi) is 5.13. The molecule has 1 N–H and O–H groups in total. The second kappa shape index (κ2) is 6.41. The van der Waals surface area contributed by atoms with Gasteiger partial charge in [-0.2, -0.15) is 5.10 Å². The number of nitrogens with one attached hydrogen (secondary N) is 1. The minimum absolute atomic E-state index is 0.253. The molecule has 0 saturated carbocycles. The van der Waals surface area contributed by atoms with Crippen molar-refractivity contribution in [2.45, 2.75) is 0 Å². The number of hydrazone groups is 1. The summed E-state index contributed by atoms with van der Waals surface area (Å²) in [6.45, 7) is 0. The van der Waals surface area contributed by atoms with Crippen LogP contribution in [0.15, 0.2) is 23.7 Å². The van der Waals surface area contributed by atoms with Gasteiger partial charge in [0.1, 0.15) is 10.1 Å². The van der Waals surface area contributed by atoms with E-state index >= 15 is 0 Å². The molecular formula is C8H10N4OS2. The van der Waals surface area contributed by atoms with Gasteiger partial charge in [0.05, 0.1) is 6.20 Å². The van der Waals surface area contributed by atoms with E-state index in [-0.39, 0.29) is 11.6 Å². The molecule has 1 amide bonds. The molecule has 0 saturated heterocycles. The molecule has 0 radical (unpaired) electrons. The predicted octanol–water partition coefficient (Wildman–Crippen LogP) is 1.20. The van der Waals surface area contributed by atoms with Crippen LogP contribution in [0.25, 0.3) is 0 Å². The quantitative estimate of drug-likeness (QED) is 0.479. The Morgan fingerprint density at radius 3 is 2.67 bits per heavy atom. The van der Waals surface area contributed by atoms with Crippen LogP contribution < -0.4 is 5.43 Å². The van der Waals surface area contributed by atoms with Crippen LogP contribution >= 0.6 is 23.5 Å². The van der Waals surface area contributed by atoms with Crippen LogP contribution in [-0.4, -0.2) is 32.8 Å². The summed E-state index contributed by atoms with van der Waals surface area (Å²) in [4.78, 5) is 19.1. The summed E-state index contributed by atoms with van der Waals surface area (Å²) in [7, 11) is 0. The first-order valence-electron chi connectivity index (χ1n) is 4.00. The highest BCUT2D eigenvalue weighted by molar-refractivity contribution is 8.38. The second-order valence-corrected chi connectivity index (χ2v) is 4.17. The van der Waals surface area contributed by atoms with Gasteiger partial charge < -0.3 is 0 Å². The van der Waals surface area contributed by atoms with Gasteiger partial charge in [-0.15, -0.1) is 23.5 Å². The van der Waals surface area contributed by atoms with Gasteiger partial charge in [0.25, 0.3) is 5.91 Å². The molecule has 1 aromatic heterocycles. The van der Waals surface area contributed by atoms with E-state index in [0.29, 0.717) is 0 Å². The van der Waals surface area contributed by atoms with Gasteiger partial charge in [-0.05, 0) is 12.5 Å². The Bertz CT molecular complexity index is 349. The minimum atomic E-state index is -0.358. The molecule has 0 fully saturated rings. The van der Waals surface area contributed by atoms with Crippen molar-refractivity contribution >= 4 is 33.8 Å². The van der Waals surface area contributed by atoms with E-state index in [2.05, 4.69) is 20.5 Å². The van der Waals surface area contributed by atoms with Gasteiger partial charge in [0.2, 0.25) is 0 Å². The molecule has 0 unspecified atom stereocenters. The van der Waals surface area contributed by atoms with Crippen molar-refractivity contribution < 1.29 is 4.79 Å². The smallest absolute Gasteiger partial charge is 0.265 e. The van der Waals surface area contributed by atoms with Crippen molar-refractivity contribution in [2.24, 2.45) is 5.10 Å². The Hall–Kier alpha value is -1.08. The van der Waals surface area contributed by atoms with Crippen molar-refractivity contribution in [3.05, 3.63) is 24.3 Å². The molecule has 1 aromatic rings. The van der Waals surface area contributed by atoms with E-state index < -0.39 is 0 Å². The van der Waals surface area contributed by atoms with Crippen LogP contribution in [0.2, 0.25) is 0 Å². The van der Waals surface area contributed by atoms with Gasteiger partial charge in [0, 0.05) is 12.4 Å². The number of hydrogen-bond acceptors (Lipinski definition) is 6. The van der Waals surface area contributed by atoms with Crippen LogP contribution in [0.1, 0.15) is 10.5 Å². The van der Waals surface area contributed by atoms with Crippen LogP contribution in [0.3, 0.4) is 0 Å². The van der Waals surface area contributed by atoms with Crippen LogP contribution in [0.4, 0.5) is 0 Å². The lowest BCUT2D eigenvalue weighted by Crippen LogP contribution is -2.19. The van der Waals surface area contributed by atoms with E-state index in [9.17, 15) is 4.79 Å². The van der Waals surface area contributed by atoms with Gasteiger partial charge in [-0.1, -0.05) is 0 Å². The minimum Gasteiger partial charge on any atom is -0.265 e. The maximum atomic E-state index is 11.4. The maximum Gasteiger partial charge on any atom is 0.291 e. The zero-order chi connectivity index (χ0) is 11.1. The van der Waals surface area contributed by atoms with E-state index in [1.807, 2.05) is 12.5 Å². The van der Waals surface area contributed by atoms with Crippen molar-refractivity contribution in [1.82, 2.24) is 15.4 Å². The summed E-state index contributed by atoms with van der Waals surface area (Å²) in [5, 5.41) is 3.91. The Morgan fingerprint density at radius 2 is 2.13 bits per heavy atom. The molecule has 0 spiro atoms. The molecule has 7 heteroatoms. The van der Waals surface area contributed by atoms with Crippen molar-refractivity contribution in [3.63, 3.8) is 0 Å². The van der Waals surface area contributed by atoms with Gasteiger partial charge >= 0.3 is 0 Å². The normalized spacial score (nSPS) is 9.47. The third-order valence-electron chi connectivity index (χ3n) is 1.39. The molecule has 1 rings (SSSR count). The van der Waals surface area contributed by atoms with Gasteiger partial charge in [-0.25, -0.2) is 10.4 Å². The Morgan fingerprint density at radius 1 is 1.40 bits per heavy atom. The number of nitrogens with zero attached hydrogens (tertiary/aromatic N) is 3. The number of rotatable bonds is 2. The van der Waals surface area contributed by atoms with Gasteiger partial charge in [0.15, 0.2) is 0 Å². The van der Waals surface area contributed by atoms with Crippen LogP contribution in [0, 0.1) is 0 Å². The molecule has 0 atom stereocenters. The number of carbonyl (C=O) groups excluding carboxylic acids is 1. The molecule has 80 valence electrons. The molecule has 5 nitrogen and oxygen atoms in total. The molecule has 0 aliphatic heterocycles. The summed E-state index contributed by atoms with van der Waals surface area (Å²) >= 11 is 2.94. The lowest BCUT2D eigenvalue weighted by Gasteiger charge is -2.00. The summed E-state index contributed by atoms with van der Waals surface area (Å²) in [6.07, 6.45) is 8.15. The maximum absolute atomic E-state index is 11.4. The molecule has 0 aromatic carbocycles.